The summed E-state index contributed by atoms with van der Waals surface area (Å²) in [4.78, 5) is 0. The van der Waals surface area contributed by atoms with Crippen LogP contribution in [0.4, 0.5) is 17.6 Å². The number of hydrogen-bond donors (Lipinski definition) is 0. The first-order chi connectivity index (χ1) is 8.35. The monoisotopic (exact) mass is 258 g/mol. The van der Waals surface area contributed by atoms with Crippen LogP contribution in [0.1, 0.15) is 49.2 Å². The number of fused-ring (bicyclic) bond motifs is 3. The van der Waals surface area contributed by atoms with Crippen molar-refractivity contribution >= 4 is 0 Å². The molecule has 1 aromatic heterocycles. The molecule has 0 spiro atoms. The summed E-state index contributed by atoms with van der Waals surface area (Å²) < 4.78 is 55.1. The normalized spacial score (nSPS) is 26.7. The molecule has 0 fully saturated rings. The lowest BCUT2D eigenvalue weighted by atomic mass is 9.84. The number of alkyl halides is 4. The largest absolute Gasteiger partial charge is 0.304 e. The summed E-state index contributed by atoms with van der Waals surface area (Å²) in [6.45, 7) is 3.28. The van der Waals surface area contributed by atoms with Gasteiger partial charge in [0.1, 0.15) is 17.3 Å². The predicted molar refractivity (Wildman–Crippen MR) is 55.5 cm³/mol. The lowest BCUT2D eigenvalue weighted by Crippen LogP contribution is -2.29. The minimum Gasteiger partial charge on any atom is -0.260 e. The molecule has 2 nitrogen and oxygen atoms in total. The lowest BCUT2D eigenvalue weighted by Gasteiger charge is -2.24. The smallest absolute Gasteiger partial charge is 0.260 e. The van der Waals surface area contributed by atoms with Crippen LogP contribution in [0.5, 0.6) is 0 Å². The minimum absolute atomic E-state index is 0.0487. The fraction of sp³-hybridized carbons (Fsp3) is 0.583. The van der Waals surface area contributed by atoms with Gasteiger partial charge in [0.2, 0.25) is 0 Å². The number of rotatable bonds is 2. The molecule has 2 atom stereocenters. The Hall–Kier alpha value is -1.51. The fourth-order valence-corrected chi connectivity index (χ4v) is 2.57. The summed E-state index contributed by atoms with van der Waals surface area (Å²) in [6, 6.07) is -0.394. The SMILES string of the molecule is CC(C)n1nc(C(F)F)c2c1C(F)(F)[C@H]1C#C[C@@H]21. The van der Waals surface area contributed by atoms with Crippen molar-refractivity contribution < 1.29 is 17.6 Å². The molecule has 0 saturated heterocycles. The third-order valence-electron chi connectivity index (χ3n) is 3.42. The Morgan fingerprint density at radius 1 is 1.28 bits per heavy atom. The van der Waals surface area contributed by atoms with E-state index >= 15 is 0 Å². The number of hydrogen-bond acceptors (Lipinski definition) is 1. The van der Waals surface area contributed by atoms with Crippen molar-refractivity contribution in [3.63, 3.8) is 0 Å². The Labute approximate surface area is 101 Å². The molecule has 2 aliphatic rings. The van der Waals surface area contributed by atoms with Gasteiger partial charge in [-0.3, -0.25) is 4.68 Å². The van der Waals surface area contributed by atoms with E-state index in [2.05, 4.69) is 16.9 Å². The van der Waals surface area contributed by atoms with Crippen LogP contribution in [-0.4, -0.2) is 9.78 Å². The summed E-state index contributed by atoms with van der Waals surface area (Å²) in [5, 5.41) is 3.66. The third-order valence-corrected chi connectivity index (χ3v) is 3.42. The Morgan fingerprint density at radius 2 is 1.94 bits per heavy atom. The summed E-state index contributed by atoms with van der Waals surface area (Å²) in [5.41, 5.74) is -0.979. The lowest BCUT2D eigenvalue weighted by molar-refractivity contribution is -0.0459. The summed E-state index contributed by atoms with van der Waals surface area (Å²) in [6.07, 6.45) is -2.85. The van der Waals surface area contributed by atoms with Crippen LogP contribution in [0, 0.1) is 17.8 Å². The zero-order valence-electron chi connectivity index (χ0n) is 9.72. The van der Waals surface area contributed by atoms with Gasteiger partial charge in [0.15, 0.2) is 0 Å². The average molecular weight is 258 g/mol. The van der Waals surface area contributed by atoms with E-state index in [9.17, 15) is 17.6 Å². The van der Waals surface area contributed by atoms with E-state index in [0.717, 1.165) is 4.68 Å². The summed E-state index contributed by atoms with van der Waals surface area (Å²) >= 11 is 0. The van der Waals surface area contributed by atoms with Crippen molar-refractivity contribution in [1.82, 2.24) is 9.78 Å². The number of nitrogens with zero attached hydrogens (tertiary/aromatic N) is 2. The van der Waals surface area contributed by atoms with Crippen LogP contribution in [0.2, 0.25) is 0 Å². The molecule has 0 amide bonds. The second-order valence-corrected chi connectivity index (χ2v) is 4.85. The second kappa shape index (κ2) is 3.28. The molecule has 18 heavy (non-hydrogen) atoms. The first kappa shape index (κ1) is 11.6. The molecule has 0 aliphatic heterocycles. The van der Waals surface area contributed by atoms with Crippen molar-refractivity contribution in [2.45, 2.75) is 38.2 Å². The van der Waals surface area contributed by atoms with Gasteiger partial charge >= 0.3 is 5.92 Å². The molecule has 6 heteroatoms. The highest BCUT2D eigenvalue weighted by Gasteiger charge is 2.60. The highest BCUT2D eigenvalue weighted by Crippen LogP contribution is 2.57. The van der Waals surface area contributed by atoms with E-state index in [1.807, 2.05) is 0 Å². The molecule has 0 saturated carbocycles. The maximum atomic E-state index is 14.1. The Morgan fingerprint density at radius 3 is 2.39 bits per heavy atom. The van der Waals surface area contributed by atoms with Gasteiger partial charge in [-0.1, -0.05) is 11.8 Å². The highest BCUT2D eigenvalue weighted by atomic mass is 19.3. The predicted octanol–water partition coefficient (Wildman–Crippen LogP) is 3.22. The van der Waals surface area contributed by atoms with E-state index in [0.29, 0.717) is 0 Å². The van der Waals surface area contributed by atoms with Crippen molar-refractivity contribution in [3.05, 3.63) is 17.0 Å². The van der Waals surface area contributed by atoms with Gasteiger partial charge in [-0.25, -0.2) is 8.78 Å². The Kier molecular flexibility index (Phi) is 2.11. The first-order valence-electron chi connectivity index (χ1n) is 5.65. The van der Waals surface area contributed by atoms with Crippen LogP contribution in [0.25, 0.3) is 0 Å². The van der Waals surface area contributed by atoms with Gasteiger partial charge in [0.25, 0.3) is 6.43 Å². The maximum Gasteiger partial charge on any atom is 0.304 e. The first-order valence-corrected chi connectivity index (χ1v) is 5.65. The summed E-state index contributed by atoms with van der Waals surface area (Å²) in [7, 11) is 0. The van der Waals surface area contributed by atoms with Crippen molar-refractivity contribution in [2.24, 2.45) is 5.92 Å². The van der Waals surface area contributed by atoms with Gasteiger partial charge < -0.3 is 0 Å². The summed E-state index contributed by atoms with van der Waals surface area (Å²) in [5.74, 6) is -0.203. The second-order valence-electron chi connectivity index (χ2n) is 4.85. The molecule has 0 radical (unpaired) electrons. The quantitative estimate of drug-likeness (QED) is 0.588. The number of halogens is 4. The Bertz CT molecular complexity index is 577. The van der Waals surface area contributed by atoms with Crippen LogP contribution < -0.4 is 0 Å². The molecule has 96 valence electrons. The molecule has 3 rings (SSSR count). The molecule has 1 heterocycles. The molecule has 0 N–H and O–H groups in total. The van der Waals surface area contributed by atoms with Gasteiger partial charge in [-0.2, -0.15) is 13.9 Å². The maximum absolute atomic E-state index is 14.1. The molecule has 1 aromatic rings. The molecular weight excluding hydrogens is 248 g/mol. The molecule has 0 unspecified atom stereocenters. The zero-order valence-corrected chi connectivity index (χ0v) is 9.72. The molecular formula is C12H10F4N2. The van der Waals surface area contributed by atoms with E-state index in [1.165, 1.54) is 0 Å². The van der Waals surface area contributed by atoms with Crippen LogP contribution >= 0.6 is 0 Å². The topological polar surface area (TPSA) is 17.8 Å². The molecule has 2 aliphatic carbocycles. The van der Waals surface area contributed by atoms with Crippen LogP contribution in [0.3, 0.4) is 0 Å². The van der Waals surface area contributed by atoms with E-state index in [-0.39, 0.29) is 11.3 Å². The van der Waals surface area contributed by atoms with Gasteiger partial charge in [-0.05, 0) is 13.8 Å². The van der Waals surface area contributed by atoms with Crippen molar-refractivity contribution in [3.8, 4) is 11.8 Å². The van der Waals surface area contributed by atoms with Gasteiger partial charge in [-0.15, -0.1) is 0 Å². The van der Waals surface area contributed by atoms with E-state index in [4.69, 9.17) is 0 Å². The standard InChI is InChI=1S/C12H10F4N2/c1-5(2)18-10-8(9(17-18)11(13)14)6-3-4-7(6)12(10,15)16/h5-7,11H,1-2H3/t6-,7+/m1/s1. The van der Waals surface area contributed by atoms with Crippen molar-refractivity contribution in [1.29, 1.82) is 0 Å². The fourth-order valence-electron chi connectivity index (χ4n) is 2.57. The van der Waals surface area contributed by atoms with Crippen molar-refractivity contribution in [2.75, 3.05) is 0 Å². The van der Waals surface area contributed by atoms with Crippen LogP contribution in [-0.2, 0) is 5.92 Å². The number of aromatic nitrogens is 2. The highest BCUT2D eigenvalue weighted by molar-refractivity contribution is 5.53. The third kappa shape index (κ3) is 1.17. The minimum atomic E-state index is -3.18. The zero-order chi connectivity index (χ0) is 13.2. The Balaban J connectivity index is 2.27. The van der Waals surface area contributed by atoms with E-state index in [1.54, 1.807) is 13.8 Å². The van der Waals surface area contributed by atoms with Gasteiger partial charge in [0.05, 0.1) is 5.92 Å². The average Bonchev–Trinajstić information content (AvgIpc) is 2.60. The molecule has 0 aromatic carbocycles. The van der Waals surface area contributed by atoms with E-state index < -0.39 is 35.9 Å². The van der Waals surface area contributed by atoms with Gasteiger partial charge in [0, 0.05) is 11.6 Å². The van der Waals surface area contributed by atoms with Crippen LogP contribution in [0.15, 0.2) is 0 Å². The molecule has 0 bridgehead atoms.